The van der Waals surface area contributed by atoms with E-state index in [0.29, 0.717) is 16.9 Å². The van der Waals surface area contributed by atoms with Crippen LogP contribution in [0, 0.1) is 6.92 Å². The molecule has 0 atom stereocenters. The van der Waals surface area contributed by atoms with Crippen LogP contribution in [0.15, 0.2) is 24.4 Å². The summed E-state index contributed by atoms with van der Waals surface area (Å²) < 4.78 is 0. The quantitative estimate of drug-likeness (QED) is 0.848. The Hall–Kier alpha value is -1.52. The van der Waals surface area contributed by atoms with Crippen LogP contribution in [0.2, 0.25) is 10.3 Å². The van der Waals surface area contributed by atoms with Gasteiger partial charge in [0.15, 0.2) is 5.15 Å². The molecule has 2 N–H and O–H groups in total. The molecule has 4 nitrogen and oxygen atoms in total. The Balaban J connectivity index is 2.13. The number of aromatic nitrogens is 2. The maximum absolute atomic E-state index is 9.13. The molecule has 0 aliphatic carbocycles. The molecule has 6 heteroatoms. The second-order valence-corrected chi connectivity index (χ2v) is 4.53. The summed E-state index contributed by atoms with van der Waals surface area (Å²) in [5, 5.41) is 13.0. The summed E-state index contributed by atoms with van der Waals surface area (Å²) in [4.78, 5) is 8.04. The number of nitrogens with zero attached hydrogens (tertiary/aromatic N) is 2. The lowest BCUT2D eigenvalue weighted by molar-refractivity contribution is 0.472. The van der Waals surface area contributed by atoms with Crippen molar-refractivity contribution in [2.24, 2.45) is 0 Å². The molecular formula is C12H11Cl2N3O. The van der Waals surface area contributed by atoms with Crippen LogP contribution in [0.1, 0.15) is 11.3 Å². The van der Waals surface area contributed by atoms with Crippen LogP contribution < -0.4 is 5.32 Å². The first-order chi connectivity index (χ1) is 8.56. The summed E-state index contributed by atoms with van der Waals surface area (Å²) in [5.41, 5.74) is 2.44. The molecule has 2 heterocycles. The number of pyridine rings is 2. The van der Waals surface area contributed by atoms with Crippen LogP contribution in [0.3, 0.4) is 0 Å². The first-order valence-electron chi connectivity index (χ1n) is 5.26. The fourth-order valence-electron chi connectivity index (χ4n) is 1.51. The predicted molar refractivity (Wildman–Crippen MR) is 72.2 cm³/mol. The molecule has 18 heavy (non-hydrogen) atoms. The average Bonchev–Trinajstić information content (AvgIpc) is 2.30. The van der Waals surface area contributed by atoms with Crippen LogP contribution in [-0.2, 0) is 6.54 Å². The van der Waals surface area contributed by atoms with Crippen molar-refractivity contribution in [2.45, 2.75) is 13.5 Å². The fraction of sp³-hybridized carbons (Fsp3) is 0.167. The van der Waals surface area contributed by atoms with E-state index in [9.17, 15) is 0 Å². The lowest BCUT2D eigenvalue weighted by atomic mass is 10.2. The number of aromatic hydroxyl groups is 1. The minimum atomic E-state index is 0.140. The molecular weight excluding hydrogens is 273 g/mol. The van der Waals surface area contributed by atoms with Gasteiger partial charge in [-0.3, -0.25) is 4.98 Å². The van der Waals surface area contributed by atoms with Crippen molar-refractivity contribution < 1.29 is 5.11 Å². The highest BCUT2D eigenvalue weighted by Gasteiger charge is 2.07. The van der Waals surface area contributed by atoms with Crippen molar-refractivity contribution in [1.82, 2.24) is 9.97 Å². The Morgan fingerprint density at radius 1 is 1.33 bits per heavy atom. The monoisotopic (exact) mass is 283 g/mol. The highest BCUT2D eigenvalue weighted by Crippen LogP contribution is 2.26. The highest BCUT2D eigenvalue weighted by atomic mass is 35.5. The number of rotatable bonds is 3. The molecule has 2 rings (SSSR count). The van der Waals surface area contributed by atoms with Gasteiger partial charge in [0.05, 0.1) is 24.1 Å². The van der Waals surface area contributed by atoms with Crippen molar-refractivity contribution in [2.75, 3.05) is 5.32 Å². The minimum Gasteiger partial charge on any atom is -0.506 e. The first-order valence-corrected chi connectivity index (χ1v) is 6.02. The fourth-order valence-corrected chi connectivity index (χ4v) is 2.11. The van der Waals surface area contributed by atoms with E-state index in [4.69, 9.17) is 28.3 Å². The lowest BCUT2D eigenvalue weighted by Crippen LogP contribution is -2.04. The third kappa shape index (κ3) is 3.03. The summed E-state index contributed by atoms with van der Waals surface area (Å²) in [6.45, 7) is 2.39. The van der Waals surface area contributed by atoms with E-state index in [1.807, 2.05) is 6.92 Å². The van der Waals surface area contributed by atoms with E-state index < -0.39 is 0 Å². The van der Waals surface area contributed by atoms with Crippen molar-refractivity contribution in [3.8, 4) is 5.75 Å². The maximum atomic E-state index is 9.13. The summed E-state index contributed by atoms with van der Waals surface area (Å²) in [6.07, 6.45) is 1.39. The molecule has 0 saturated carbocycles. The highest BCUT2D eigenvalue weighted by molar-refractivity contribution is 6.34. The van der Waals surface area contributed by atoms with E-state index >= 15 is 0 Å². The van der Waals surface area contributed by atoms with Crippen LogP contribution in [0.4, 0.5) is 5.69 Å². The molecule has 2 aromatic heterocycles. The van der Waals surface area contributed by atoms with Gasteiger partial charge in [0.25, 0.3) is 0 Å². The molecule has 0 spiro atoms. The van der Waals surface area contributed by atoms with Crippen molar-refractivity contribution >= 4 is 28.9 Å². The number of hydrogen-bond donors (Lipinski definition) is 2. The smallest absolute Gasteiger partial charge is 0.154 e. The zero-order valence-electron chi connectivity index (χ0n) is 9.61. The van der Waals surface area contributed by atoms with Gasteiger partial charge in [0.2, 0.25) is 0 Å². The van der Waals surface area contributed by atoms with Crippen LogP contribution in [-0.4, -0.2) is 15.1 Å². The van der Waals surface area contributed by atoms with Crippen molar-refractivity contribution in [1.29, 1.82) is 0 Å². The largest absolute Gasteiger partial charge is 0.506 e. The molecule has 0 amide bonds. The molecule has 0 aliphatic heterocycles. The Bertz CT molecular complexity index is 535. The van der Waals surface area contributed by atoms with Gasteiger partial charge in [-0.1, -0.05) is 23.2 Å². The third-order valence-corrected chi connectivity index (χ3v) is 2.86. The zero-order valence-corrected chi connectivity index (χ0v) is 11.1. The normalized spacial score (nSPS) is 10.4. The molecule has 0 aliphatic rings. The summed E-state index contributed by atoms with van der Waals surface area (Å²) >= 11 is 11.8. The summed E-state index contributed by atoms with van der Waals surface area (Å²) in [6, 6.07) is 5.05. The van der Waals surface area contributed by atoms with Gasteiger partial charge in [-0.15, -0.1) is 0 Å². The van der Waals surface area contributed by atoms with E-state index in [-0.39, 0.29) is 5.75 Å². The minimum absolute atomic E-state index is 0.140. The Morgan fingerprint density at radius 3 is 2.72 bits per heavy atom. The van der Waals surface area contributed by atoms with Gasteiger partial charge < -0.3 is 10.4 Å². The molecule has 0 unspecified atom stereocenters. The second kappa shape index (κ2) is 5.42. The SMILES string of the molecule is Cc1cc(Cl)nc(Cl)c1NCc1ccc(O)cn1. The molecule has 2 aromatic rings. The van der Waals surface area contributed by atoms with Gasteiger partial charge in [-0.05, 0) is 30.7 Å². The second-order valence-electron chi connectivity index (χ2n) is 3.79. The predicted octanol–water partition coefficient (Wildman–Crippen LogP) is 3.41. The van der Waals surface area contributed by atoms with Gasteiger partial charge in [0.1, 0.15) is 10.9 Å². The van der Waals surface area contributed by atoms with E-state index in [0.717, 1.165) is 16.9 Å². The molecule has 0 fully saturated rings. The lowest BCUT2D eigenvalue weighted by Gasteiger charge is -2.10. The number of anilines is 1. The molecule has 0 saturated heterocycles. The average molecular weight is 284 g/mol. The van der Waals surface area contributed by atoms with Crippen molar-refractivity contribution in [3.63, 3.8) is 0 Å². The maximum Gasteiger partial charge on any atom is 0.154 e. The zero-order chi connectivity index (χ0) is 13.1. The number of hydrogen-bond acceptors (Lipinski definition) is 4. The molecule has 0 radical (unpaired) electrons. The number of aryl methyl sites for hydroxylation is 1. The van der Waals surface area contributed by atoms with Gasteiger partial charge in [0, 0.05) is 0 Å². The van der Waals surface area contributed by atoms with Gasteiger partial charge in [-0.25, -0.2) is 4.98 Å². The van der Waals surface area contributed by atoms with Crippen molar-refractivity contribution in [3.05, 3.63) is 46.0 Å². The van der Waals surface area contributed by atoms with Crippen LogP contribution in [0.25, 0.3) is 0 Å². The van der Waals surface area contributed by atoms with E-state index in [1.54, 1.807) is 18.2 Å². The first kappa shape index (κ1) is 12.9. The van der Waals surface area contributed by atoms with E-state index in [1.165, 1.54) is 6.20 Å². The topological polar surface area (TPSA) is 58.0 Å². The molecule has 94 valence electrons. The Kier molecular flexibility index (Phi) is 3.89. The molecule has 0 aromatic carbocycles. The van der Waals surface area contributed by atoms with Crippen LogP contribution in [0.5, 0.6) is 5.75 Å². The summed E-state index contributed by atoms with van der Waals surface area (Å²) in [7, 11) is 0. The Morgan fingerprint density at radius 2 is 2.11 bits per heavy atom. The van der Waals surface area contributed by atoms with E-state index in [2.05, 4.69) is 15.3 Å². The third-order valence-electron chi connectivity index (χ3n) is 2.40. The van der Waals surface area contributed by atoms with Gasteiger partial charge >= 0.3 is 0 Å². The number of nitrogens with one attached hydrogen (secondary N) is 1. The molecule has 0 bridgehead atoms. The van der Waals surface area contributed by atoms with Crippen LogP contribution >= 0.6 is 23.2 Å². The summed E-state index contributed by atoms with van der Waals surface area (Å²) in [5.74, 6) is 0.140. The Labute approximate surface area is 115 Å². The van der Waals surface area contributed by atoms with Gasteiger partial charge in [-0.2, -0.15) is 0 Å². The number of halogens is 2. The standard InChI is InChI=1S/C12H11Cl2N3O/c1-7-4-10(13)17-12(14)11(7)16-5-8-2-3-9(18)6-15-8/h2-4,6,16,18H,5H2,1H3.